The van der Waals surface area contributed by atoms with Gasteiger partial charge < -0.3 is 29.3 Å². The molecule has 254 valence electrons. The van der Waals surface area contributed by atoms with E-state index in [1.807, 2.05) is 95.2 Å². The number of aliphatic hydroxyl groups is 1. The fourth-order valence-corrected chi connectivity index (χ4v) is 6.25. The lowest BCUT2D eigenvalue weighted by Crippen LogP contribution is -2.45. The highest BCUT2D eigenvalue weighted by Gasteiger charge is 2.39. The van der Waals surface area contributed by atoms with Crippen molar-refractivity contribution in [3.05, 3.63) is 90.1 Å². The fourth-order valence-electron chi connectivity index (χ4n) is 5.26. The Balaban J connectivity index is 0.00000144. The number of rotatable bonds is 8. The molecule has 1 fully saturated rings. The van der Waals surface area contributed by atoms with Crippen LogP contribution in [0.2, 0.25) is 0 Å². The Morgan fingerprint density at radius 3 is 2.28 bits per heavy atom. The van der Waals surface area contributed by atoms with Crippen molar-refractivity contribution in [2.24, 2.45) is 0 Å². The highest BCUT2D eigenvalue weighted by atomic mass is 31.2. The summed E-state index contributed by atoms with van der Waals surface area (Å²) in [6.45, 7) is 10.1. The Labute approximate surface area is 276 Å². The van der Waals surface area contributed by atoms with Gasteiger partial charge in [-0.25, -0.2) is 0 Å². The molecule has 47 heavy (non-hydrogen) atoms. The Morgan fingerprint density at radius 1 is 0.957 bits per heavy atom. The minimum absolute atomic E-state index is 0.162. The molecule has 4 aromatic rings. The Bertz CT molecular complexity index is 1610. The summed E-state index contributed by atoms with van der Waals surface area (Å²) in [6, 6.07) is 20.7. The van der Waals surface area contributed by atoms with Crippen LogP contribution >= 0.6 is 8.30 Å². The van der Waals surface area contributed by atoms with Crippen LogP contribution in [0.5, 0.6) is 11.5 Å². The Morgan fingerprint density at radius 2 is 1.62 bits per heavy atom. The number of para-hydroxylation sites is 2. The second kappa shape index (κ2) is 16.7. The summed E-state index contributed by atoms with van der Waals surface area (Å²) in [6.07, 6.45) is -2.88. The van der Waals surface area contributed by atoms with Crippen molar-refractivity contribution in [3.8, 4) is 11.5 Å². The van der Waals surface area contributed by atoms with Gasteiger partial charge in [0.25, 0.3) is 5.91 Å². The number of hydrogen-bond acceptors (Lipinski definition) is 7. The second-order valence-corrected chi connectivity index (χ2v) is 11.9. The highest BCUT2D eigenvalue weighted by Crippen LogP contribution is 2.41. The van der Waals surface area contributed by atoms with Gasteiger partial charge in [0.05, 0.1) is 11.2 Å². The second-order valence-electron chi connectivity index (χ2n) is 10.5. The van der Waals surface area contributed by atoms with E-state index in [4.69, 9.17) is 4.52 Å². The zero-order valence-corrected chi connectivity index (χ0v) is 28.8. The van der Waals surface area contributed by atoms with Gasteiger partial charge in [0.2, 0.25) is 0 Å². The number of alkyl halides is 3. The molecule has 1 aromatic heterocycles. The average molecular weight is 673 g/mol. The fraction of sp³-hybridized carbons (Fsp3) is 0.371. The third-order valence-corrected chi connectivity index (χ3v) is 8.36. The van der Waals surface area contributed by atoms with Crippen LogP contribution in [-0.4, -0.2) is 61.1 Å². The number of piperidine rings is 1. The standard InChI is InChI=1S/C31H32F3N4O4P.2C2H6/c1-37(2)25-11-5-4-10-24(25)30(40)15-18-38(19-16-30)29(39)23-14-13-22(20-27(23)41-31(32,33)34)36-43(3)42-26-12-6-8-21-9-7-17-35-28(21)26;2*1-2/h4-14,17,20,36,40H,15-16,18-19H2,1-3H3;2*1-2H3. The maximum Gasteiger partial charge on any atom is 0.573 e. The summed E-state index contributed by atoms with van der Waals surface area (Å²) in [5.41, 5.74) is 1.19. The van der Waals surface area contributed by atoms with Gasteiger partial charge in [0.1, 0.15) is 11.3 Å². The number of likely N-dealkylation sites (tertiary alicyclic amines) is 1. The van der Waals surface area contributed by atoms with E-state index >= 15 is 0 Å². The topological polar surface area (TPSA) is 87.2 Å². The van der Waals surface area contributed by atoms with E-state index in [1.54, 1.807) is 18.9 Å². The summed E-state index contributed by atoms with van der Waals surface area (Å²) < 4.78 is 50.6. The molecule has 2 heterocycles. The van der Waals surface area contributed by atoms with Crippen molar-refractivity contribution in [1.29, 1.82) is 0 Å². The molecule has 1 atom stereocenters. The number of nitrogens with zero attached hydrogens (tertiary/aromatic N) is 3. The lowest BCUT2D eigenvalue weighted by molar-refractivity contribution is -0.274. The van der Waals surface area contributed by atoms with Crippen molar-refractivity contribution < 1.29 is 32.3 Å². The highest BCUT2D eigenvalue weighted by molar-refractivity contribution is 7.53. The lowest BCUT2D eigenvalue weighted by atomic mass is 9.83. The first-order valence-electron chi connectivity index (χ1n) is 15.6. The van der Waals surface area contributed by atoms with E-state index in [1.165, 1.54) is 17.0 Å². The van der Waals surface area contributed by atoms with E-state index in [9.17, 15) is 23.1 Å². The van der Waals surface area contributed by atoms with Crippen LogP contribution in [-0.2, 0) is 5.60 Å². The molecular formula is C35H44F3N4O4P. The number of nitrogens with one attached hydrogen (secondary N) is 1. The number of carbonyl (C=O) groups is 1. The minimum Gasteiger partial charge on any atom is -0.451 e. The molecule has 0 aliphatic carbocycles. The van der Waals surface area contributed by atoms with E-state index in [0.29, 0.717) is 17.0 Å². The molecule has 12 heteroatoms. The first kappa shape index (κ1) is 37.4. The predicted molar refractivity (Wildman–Crippen MR) is 184 cm³/mol. The first-order valence-corrected chi connectivity index (χ1v) is 17.3. The molecule has 3 aromatic carbocycles. The Hall–Kier alpha value is -4.08. The maximum absolute atomic E-state index is 13.5. The predicted octanol–water partition coefficient (Wildman–Crippen LogP) is 8.81. The summed E-state index contributed by atoms with van der Waals surface area (Å²) >= 11 is 0. The lowest BCUT2D eigenvalue weighted by Gasteiger charge is -2.40. The molecule has 5 rings (SSSR count). The van der Waals surface area contributed by atoms with Crippen LogP contribution < -0.4 is 19.2 Å². The zero-order chi connectivity index (χ0) is 34.8. The monoisotopic (exact) mass is 672 g/mol. The number of fused-ring (bicyclic) bond motifs is 1. The molecule has 0 saturated carbocycles. The molecule has 0 spiro atoms. The first-order chi connectivity index (χ1) is 22.4. The van der Waals surface area contributed by atoms with Gasteiger partial charge in [-0.3, -0.25) is 9.78 Å². The smallest absolute Gasteiger partial charge is 0.451 e. The van der Waals surface area contributed by atoms with Gasteiger partial charge in [0, 0.05) is 68.4 Å². The number of pyridine rings is 1. The van der Waals surface area contributed by atoms with Crippen LogP contribution in [0.1, 0.15) is 56.5 Å². The van der Waals surface area contributed by atoms with E-state index in [-0.39, 0.29) is 31.5 Å². The van der Waals surface area contributed by atoms with Crippen LogP contribution in [0.4, 0.5) is 24.5 Å². The van der Waals surface area contributed by atoms with Crippen LogP contribution in [0.25, 0.3) is 10.9 Å². The van der Waals surface area contributed by atoms with Gasteiger partial charge in [-0.05, 0) is 43.2 Å². The van der Waals surface area contributed by atoms with E-state index in [2.05, 4.69) is 14.8 Å². The largest absolute Gasteiger partial charge is 0.573 e. The van der Waals surface area contributed by atoms with Crippen LogP contribution in [0.15, 0.2) is 79.0 Å². The third kappa shape index (κ3) is 9.49. The maximum atomic E-state index is 13.5. The van der Waals surface area contributed by atoms with E-state index in [0.717, 1.165) is 22.7 Å². The van der Waals surface area contributed by atoms with Gasteiger partial charge in [-0.2, -0.15) is 0 Å². The molecule has 8 nitrogen and oxygen atoms in total. The van der Waals surface area contributed by atoms with Gasteiger partial charge >= 0.3 is 6.36 Å². The number of hydrogen-bond donors (Lipinski definition) is 2. The van der Waals surface area contributed by atoms with Crippen molar-refractivity contribution in [2.75, 3.05) is 43.8 Å². The molecule has 1 amide bonds. The molecule has 1 aliphatic heterocycles. The molecule has 1 unspecified atom stereocenters. The van der Waals surface area contributed by atoms with E-state index < -0.39 is 31.9 Å². The van der Waals surface area contributed by atoms with Crippen LogP contribution in [0.3, 0.4) is 0 Å². The van der Waals surface area contributed by atoms with Crippen molar-refractivity contribution in [1.82, 2.24) is 9.88 Å². The van der Waals surface area contributed by atoms with Crippen molar-refractivity contribution >= 4 is 36.5 Å². The molecule has 1 aliphatic rings. The number of benzene rings is 3. The SMILES string of the molecule is CC.CC.CN(C)c1ccccc1C1(O)CCN(C(=O)c2ccc(NP(C)Oc3cccc4cccnc34)cc2OC(F)(F)F)CC1. The van der Waals surface area contributed by atoms with Crippen molar-refractivity contribution in [3.63, 3.8) is 0 Å². The molecule has 1 saturated heterocycles. The van der Waals surface area contributed by atoms with Crippen LogP contribution in [0, 0.1) is 0 Å². The normalized spacial score (nSPS) is 14.5. The molecule has 0 radical (unpaired) electrons. The number of amides is 1. The minimum atomic E-state index is -5.01. The zero-order valence-electron chi connectivity index (χ0n) is 27.9. The van der Waals surface area contributed by atoms with Crippen molar-refractivity contribution in [2.45, 2.75) is 52.5 Å². The van der Waals surface area contributed by atoms with Gasteiger partial charge in [-0.1, -0.05) is 64.1 Å². The average Bonchev–Trinajstić information content (AvgIpc) is 3.06. The molecule has 0 bridgehead atoms. The molecule has 2 N–H and O–H groups in total. The number of anilines is 2. The summed E-state index contributed by atoms with van der Waals surface area (Å²) in [5, 5.41) is 15.4. The summed E-state index contributed by atoms with van der Waals surface area (Å²) in [7, 11) is 2.39. The Kier molecular flexibility index (Phi) is 13.2. The number of aromatic nitrogens is 1. The number of ether oxygens (including phenoxy) is 1. The van der Waals surface area contributed by atoms with Gasteiger partial charge in [0.15, 0.2) is 14.0 Å². The summed E-state index contributed by atoms with van der Waals surface area (Å²) in [5.74, 6) is -0.682. The number of carbonyl (C=O) groups excluding carboxylic acids is 1. The summed E-state index contributed by atoms with van der Waals surface area (Å²) in [4.78, 5) is 21.2. The molecular weight excluding hydrogens is 628 g/mol. The quantitative estimate of drug-likeness (QED) is 0.181. The number of halogens is 3. The van der Waals surface area contributed by atoms with Gasteiger partial charge in [-0.15, -0.1) is 13.2 Å². The third-order valence-electron chi connectivity index (χ3n) is 7.32.